The van der Waals surface area contributed by atoms with Crippen molar-refractivity contribution in [3.05, 3.63) is 63.6 Å². The van der Waals surface area contributed by atoms with E-state index in [4.69, 9.17) is 11.6 Å². The van der Waals surface area contributed by atoms with Crippen molar-refractivity contribution in [1.82, 2.24) is 9.21 Å². The summed E-state index contributed by atoms with van der Waals surface area (Å²) < 4.78 is 28.7. The van der Waals surface area contributed by atoms with Crippen LogP contribution in [0.4, 0.5) is 0 Å². The van der Waals surface area contributed by atoms with Crippen LogP contribution in [-0.4, -0.2) is 43.2 Å². The lowest BCUT2D eigenvalue weighted by Gasteiger charge is -2.26. The summed E-state index contributed by atoms with van der Waals surface area (Å²) in [5.41, 5.74) is 0.665. The minimum Gasteiger partial charge on any atom is -0.342 e. The highest BCUT2D eigenvalue weighted by Gasteiger charge is 2.29. The molecule has 1 fully saturated rings. The van der Waals surface area contributed by atoms with Crippen molar-refractivity contribution in [3.8, 4) is 0 Å². The fraction of sp³-hybridized carbons (Fsp3) is 0.381. The number of hydrogen-bond acceptors (Lipinski definition) is 3. The number of hydrogen-bond donors (Lipinski definition) is 0. The summed E-state index contributed by atoms with van der Waals surface area (Å²) in [6.45, 7) is 1.19. The van der Waals surface area contributed by atoms with Crippen molar-refractivity contribution in [2.24, 2.45) is 0 Å². The molecule has 1 aliphatic rings. The Morgan fingerprint density at radius 3 is 2.24 bits per heavy atom. The Morgan fingerprint density at radius 1 is 1.00 bits per heavy atom. The summed E-state index contributed by atoms with van der Waals surface area (Å²) in [6, 6.07) is 13.5. The second-order valence-corrected chi connectivity index (χ2v) is 10.4. The first-order chi connectivity index (χ1) is 13.9. The van der Waals surface area contributed by atoms with Crippen LogP contribution >= 0.6 is 27.5 Å². The average molecular weight is 500 g/mol. The third-order valence-electron chi connectivity index (χ3n) is 5.03. The molecule has 0 aromatic heterocycles. The van der Waals surface area contributed by atoms with Crippen molar-refractivity contribution < 1.29 is 13.2 Å². The highest BCUT2D eigenvalue weighted by molar-refractivity contribution is 9.10. The standard InChI is InChI=1S/C21H24BrClN2O3S/c22-18-9-11-19(12-10-18)29(27,28)25(15-17-7-3-4-8-20(17)23)16-21(26)24-13-5-1-2-6-14-24/h3-4,7-12H,1-2,5-6,13-16H2. The van der Waals surface area contributed by atoms with E-state index >= 15 is 0 Å². The molecule has 0 atom stereocenters. The van der Waals surface area contributed by atoms with Gasteiger partial charge in [0.15, 0.2) is 0 Å². The van der Waals surface area contributed by atoms with Gasteiger partial charge in [0.2, 0.25) is 15.9 Å². The summed E-state index contributed by atoms with van der Waals surface area (Å²) in [5, 5.41) is 0.478. The number of rotatable bonds is 6. The monoisotopic (exact) mass is 498 g/mol. The topological polar surface area (TPSA) is 57.7 Å². The van der Waals surface area contributed by atoms with E-state index in [0.717, 1.165) is 30.2 Å². The van der Waals surface area contributed by atoms with Crippen LogP contribution in [0.15, 0.2) is 57.9 Å². The minimum atomic E-state index is -3.87. The molecule has 5 nitrogen and oxygen atoms in total. The molecule has 0 unspecified atom stereocenters. The van der Waals surface area contributed by atoms with Gasteiger partial charge in [0, 0.05) is 29.1 Å². The third-order valence-corrected chi connectivity index (χ3v) is 7.73. The molecule has 29 heavy (non-hydrogen) atoms. The highest BCUT2D eigenvalue weighted by atomic mass is 79.9. The van der Waals surface area contributed by atoms with Crippen LogP contribution in [0.1, 0.15) is 31.2 Å². The normalized spacial score (nSPS) is 15.3. The van der Waals surface area contributed by atoms with Crippen molar-refractivity contribution in [3.63, 3.8) is 0 Å². The predicted octanol–water partition coefficient (Wildman–Crippen LogP) is 4.70. The molecule has 2 aromatic carbocycles. The van der Waals surface area contributed by atoms with Crippen molar-refractivity contribution in [1.29, 1.82) is 0 Å². The van der Waals surface area contributed by atoms with E-state index in [2.05, 4.69) is 15.9 Å². The SMILES string of the molecule is O=C(CN(Cc1ccccc1Cl)S(=O)(=O)c1ccc(Br)cc1)N1CCCCCC1. The molecule has 0 spiro atoms. The number of likely N-dealkylation sites (tertiary alicyclic amines) is 1. The van der Waals surface area contributed by atoms with E-state index < -0.39 is 10.0 Å². The number of amides is 1. The molecular weight excluding hydrogens is 476 g/mol. The van der Waals surface area contributed by atoms with Crippen LogP contribution in [0.2, 0.25) is 5.02 Å². The molecule has 1 aliphatic heterocycles. The number of sulfonamides is 1. The average Bonchev–Trinajstić information content (AvgIpc) is 2.99. The van der Waals surface area contributed by atoms with E-state index in [9.17, 15) is 13.2 Å². The summed E-state index contributed by atoms with van der Waals surface area (Å²) in [5.74, 6) is -0.167. The fourth-order valence-electron chi connectivity index (χ4n) is 3.37. The van der Waals surface area contributed by atoms with E-state index in [-0.39, 0.29) is 23.9 Å². The maximum atomic E-state index is 13.3. The molecular formula is C21H24BrClN2O3S. The summed E-state index contributed by atoms with van der Waals surface area (Å²) in [6.07, 6.45) is 4.11. The third kappa shape index (κ3) is 5.81. The van der Waals surface area contributed by atoms with Crippen LogP contribution in [0.5, 0.6) is 0 Å². The predicted molar refractivity (Wildman–Crippen MR) is 118 cm³/mol. The fourth-order valence-corrected chi connectivity index (χ4v) is 5.20. The second kappa shape index (κ2) is 10.1. The van der Waals surface area contributed by atoms with Gasteiger partial charge in [-0.05, 0) is 48.7 Å². The highest BCUT2D eigenvalue weighted by Crippen LogP contribution is 2.24. The molecule has 0 saturated carbocycles. The first-order valence-corrected chi connectivity index (χ1v) is 12.3. The van der Waals surface area contributed by atoms with Gasteiger partial charge in [-0.1, -0.05) is 58.6 Å². The molecule has 1 amide bonds. The van der Waals surface area contributed by atoms with Crippen molar-refractivity contribution in [2.45, 2.75) is 37.1 Å². The molecule has 2 aromatic rings. The minimum absolute atomic E-state index is 0.0393. The van der Waals surface area contributed by atoms with Gasteiger partial charge in [0.25, 0.3) is 0 Å². The Balaban J connectivity index is 1.89. The van der Waals surface area contributed by atoms with Gasteiger partial charge in [0.05, 0.1) is 11.4 Å². The van der Waals surface area contributed by atoms with E-state index in [1.54, 1.807) is 35.2 Å². The molecule has 156 valence electrons. The lowest BCUT2D eigenvalue weighted by Crippen LogP contribution is -2.43. The quantitative estimate of drug-likeness (QED) is 0.579. The number of carbonyl (C=O) groups is 1. The van der Waals surface area contributed by atoms with Gasteiger partial charge in [-0.15, -0.1) is 0 Å². The Kier molecular flexibility index (Phi) is 7.73. The first-order valence-electron chi connectivity index (χ1n) is 9.65. The summed E-state index contributed by atoms with van der Waals surface area (Å²) >= 11 is 9.59. The van der Waals surface area contributed by atoms with Crippen LogP contribution in [0.3, 0.4) is 0 Å². The number of carbonyl (C=O) groups excluding carboxylic acids is 1. The Morgan fingerprint density at radius 2 is 1.62 bits per heavy atom. The van der Waals surface area contributed by atoms with Gasteiger partial charge in [0.1, 0.15) is 0 Å². The first kappa shape index (κ1) is 22.3. The zero-order valence-electron chi connectivity index (χ0n) is 16.1. The van der Waals surface area contributed by atoms with Crippen LogP contribution in [0.25, 0.3) is 0 Å². The van der Waals surface area contributed by atoms with E-state index in [0.29, 0.717) is 23.7 Å². The van der Waals surface area contributed by atoms with Gasteiger partial charge in [-0.2, -0.15) is 4.31 Å². The smallest absolute Gasteiger partial charge is 0.243 e. The van der Waals surface area contributed by atoms with Gasteiger partial charge >= 0.3 is 0 Å². The zero-order valence-corrected chi connectivity index (χ0v) is 19.2. The Hall–Kier alpha value is -1.41. The Bertz CT molecular complexity index is 943. The van der Waals surface area contributed by atoms with Gasteiger partial charge in [-0.3, -0.25) is 4.79 Å². The summed E-state index contributed by atoms with van der Waals surface area (Å²) in [7, 11) is -3.87. The lowest BCUT2D eigenvalue weighted by atomic mass is 10.2. The molecule has 0 bridgehead atoms. The molecule has 0 aliphatic carbocycles. The summed E-state index contributed by atoms with van der Waals surface area (Å²) in [4.78, 5) is 14.9. The van der Waals surface area contributed by atoms with E-state index in [1.807, 2.05) is 6.07 Å². The second-order valence-electron chi connectivity index (χ2n) is 7.11. The molecule has 1 heterocycles. The largest absolute Gasteiger partial charge is 0.342 e. The van der Waals surface area contributed by atoms with E-state index in [1.165, 1.54) is 16.4 Å². The molecule has 3 rings (SSSR count). The van der Waals surface area contributed by atoms with Gasteiger partial charge < -0.3 is 4.90 Å². The van der Waals surface area contributed by atoms with Crippen molar-refractivity contribution in [2.75, 3.05) is 19.6 Å². The Labute approximate surface area is 185 Å². The molecule has 1 saturated heterocycles. The molecule has 8 heteroatoms. The number of benzene rings is 2. The van der Waals surface area contributed by atoms with Crippen molar-refractivity contribution >= 4 is 43.5 Å². The number of nitrogens with zero attached hydrogens (tertiary/aromatic N) is 2. The lowest BCUT2D eigenvalue weighted by molar-refractivity contribution is -0.131. The zero-order chi connectivity index (χ0) is 20.9. The van der Waals surface area contributed by atoms with Crippen LogP contribution in [0, 0.1) is 0 Å². The molecule has 0 radical (unpaired) electrons. The van der Waals surface area contributed by atoms with Crippen LogP contribution in [-0.2, 0) is 21.4 Å². The maximum Gasteiger partial charge on any atom is 0.243 e. The van der Waals surface area contributed by atoms with Crippen LogP contribution < -0.4 is 0 Å². The number of halogens is 2. The maximum absolute atomic E-state index is 13.3. The molecule has 0 N–H and O–H groups in total. The van der Waals surface area contributed by atoms with Gasteiger partial charge in [-0.25, -0.2) is 8.42 Å².